The Bertz CT molecular complexity index is 856. The summed E-state index contributed by atoms with van der Waals surface area (Å²) in [6.45, 7) is 0.820. The molecule has 0 spiro atoms. The summed E-state index contributed by atoms with van der Waals surface area (Å²) in [6.07, 6.45) is 1.35. The first-order valence-electron chi connectivity index (χ1n) is 8.22. The van der Waals surface area contributed by atoms with Gasteiger partial charge in [-0.05, 0) is 24.1 Å². The van der Waals surface area contributed by atoms with Gasteiger partial charge in [-0.3, -0.25) is 0 Å². The van der Waals surface area contributed by atoms with E-state index in [1.165, 1.54) is 0 Å². The van der Waals surface area contributed by atoms with E-state index in [9.17, 15) is 5.11 Å². The predicted molar refractivity (Wildman–Crippen MR) is 98.2 cm³/mol. The average molecular weight is 341 g/mol. The van der Waals surface area contributed by atoms with Crippen molar-refractivity contribution < 1.29 is 14.6 Å². The van der Waals surface area contributed by atoms with Gasteiger partial charge in [-0.15, -0.1) is 0 Å². The molecule has 0 amide bonds. The molecule has 0 saturated carbocycles. The second-order valence-electron chi connectivity index (χ2n) is 5.87. The first-order valence-corrected chi connectivity index (χ1v) is 8.22. The second-order valence-corrected chi connectivity index (χ2v) is 5.87. The summed E-state index contributed by atoms with van der Waals surface area (Å²) < 4.78 is 12.9. The summed E-state index contributed by atoms with van der Waals surface area (Å²) >= 11 is 0. The Kier molecular flexibility index (Phi) is 5.09. The summed E-state index contributed by atoms with van der Waals surface area (Å²) in [5.41, 5.74) is 9.46. The molecule has 0 fully saturated rings. The van der Waals surface area contributed by atoms with Crippen LogP contribution in [-0.2, 0) is 13.0 Å². The number of anilines is 1. The molecular weight excluding hydrogens is 318 g/mol. The van der Waals surface area contributed by atoms with Gasteiger partial charge in [0.25, 0.3) is 0 Å². The zero-order valence-electron chi connectivity index (χ0n) is 14.5. The second kappa shape index (κ2) is 7.44. The average Bonchev–Trinajstić information content (AvgIpc) is 2.96. The third kappa shape index (κ3) is 3.53. The number of aryl methyl sites for hydroxylation is 1. The fraction of sp³-hybridized carbons (Fsp3) is 0.316. The number of rotatable bonds is 7. The topological polar surface area (TPSA) is 82.5 Å². The molecule has 1 aromatic heterocycles. The Morgan fingerprint density at radius 3 is 2.40 bits per heavy atom. The number of nitrogens with zero attached hydrogens (tertiary/aromatic N) is 2. The van der Waals surface area contributed by atoms with E-state index in [4.69, 9.17) is 20.2 Å². The van der Waals surface area contributed by atoms with Gasteiger partial charge in [0.05, 0.1) is 25.3 Å². The van der Waals surface area contributed by atoms with Gasteiger partial charge in [0.2, 0.25) is 0 Å². The van der Waals surface area contributed by atoms with Crippen molar-refractivity contribution in [3.63, 3.8) is 0 Å². The molecule has 0 atom stereocenters. The summed E-state index contributed by atoms with van der Waals surface area (Å²) in [7, 11) is 3.23. The van der Waals surface area contributed by atoms with E-state index in [0.717, 1.165) is 28.1 Å². The van der Waals surface area contributed by atoms with Crippen LogP contribution in [0.15, 0.2) is 36.4 Å². The van der Waals surface area contributed by atoms with E-state index in [1.807, 2.05) is 36.4 Å². The highest BCUT2D eigenvalue weighted by Gasteiger charge is 2.15. The van der Waals surface area contributed by atoms with Crippen LogP contribution in [0.2, 0.25) is 0 Å². The Hall–Kier alpha value is -2.73. The third-order valence-electron chi connectivity index (χ3n) is 4.21. The molecule has 3 aromatic rings. The van der Waals surface area contributed by atoms with Crippen LogP contribution in [0.5, 0.6) is 11.5 Å². The third-order valence-corrected chi connectivity index (χ3v) is 4.21. The van der Waals surface area contributed by atoms with Crippen LogP contribution in [0.4, 0.5) is 5.69 Å². The van der Waals surface area contributed by atoms with E-state index < -0.39 is 0 Å². The Morgan fingerprint density at radius 1 is 1.08 bits per heavy atom. The van der Waals surface area contributed by atoms with Gasteiger partial charge >= 0.3 is 0 Å². The lowest BCUT2D eigenvalue weighted by atomic mass is 10.1. The molecule has 0 aliphatic carbocycles. The van der Waals surface area contributed by atoms with Crippen molar-refractivity contribution in [2.75, 3.05) is 26.6 Å². The minimum absolute atomic E-state index is 0.133. The fourth-order valence-electron chi connectivity index (χ4n) is 2.93. The van der Waals surface area contributed by atoms with Crippen LogP contribution in [0.25, 0.3) is 11.0 Å². The largest absolute Gasteiger partial charge is 0.493 e. The highest BCUT2D eigenvalue weighted by molar-refractivity contribution is 5.80. The SMILES string of the molecule is COc1cc2nc(Cc3ccc(N)cc3)n(CCCO)c2cc1OC. The molecule has 132 valence electrons. The first kappa shape index (κ1) is 17.1. The van der Waals surface area contributed by atoms with Crippen molar-refractivity contribution >= 4 is 16.7 Å². The van der Waals surface area contributed by atoms with Crippen molar-refractivity contribution in [3.05, 3.63) is 47.8 Å². The van der Waals surface area contributed by atoms with E-state index in [2.05, 4.69) is 4.57 Å². The molecule has 0 saturated heterocycles. The quantitative estimate of drug-likeness (QED) is 0.646. The maximum absolute atomic E-state index is 9.24. The number of nitrogens with two attached hydrogens (primary N) is 1. The minimum Gasteiger partial charge on any atom is -0.493 e. The van der Waals surface area contributed by atoms with E-state index in [1.54, 1.807) is 14.2 Å². The molecule has 0 unspecified atom stereocenters. The summed E-state index contributed by atoms with van der Waals surface area (Å²) in [6, 6.07) is 11.6. The molecule has 3 N–H and O–H groups in total. The van der Waals surface area contributed by atoms with Gasteiger partial charge in [-0.1, -0.05) is 12.1 Å². The van der Waals surface area contributed by atoms with Gasteiger partial charge < -0.3 is 24.9 Å². The molecular formula is C19H23N3O3. The number of ether oxygens (including phenoxy) is 2. The van der Waals surface area contributed by atoms with Crippen LogP contribution >= 0.6 is 0 Å². The van der Waals surface area contributed by atoms with E-state index >= 15 is 0 Å². The van der Waals surface area contributed by atoms with Gasteiger partial charge in [0.1, 0.15) is 5.82 Å². The number of methoxy groups -OCH3 is 2. The van der Waals surface area contributed by atoms with E-state index in [0.29, 0.717) is 30.9 Å². The van der Waals surface area contributed by atoms with Gasteiger partial charge in [0.15, 0.2) is 11.5 Å². The summed E-state index contributed by atoms with van der Waals surface area (Å²) in [5.74, 6) is 2.25. The van der Waals surface area contributed by atoms with Crippen LogP contribution < -0.4 is 15.2 Å². The molecule has 0 aliphatic heterocycles. The zero-order valence-corrected chi connectivity index (χ0v) is 14.5. The zero-order chi connectivity index (χ0) is 17.8. The standard InChI is InChI=1S/C19H23N3O3/c1-24-17-11-15-16(12-18(17)25-2)22(8-3-9-23)19(21-15)10-13-4-6-14(20)7-5-13/h4-7,11-12,23H,3,8-10,20H2,1-2H3. The number of fused-ring (bicyclic) bond motifs is 1. The van der Waals surface area contributed by atoms with Crippen LogP contribution in [-0.4, -0.2) is 35.5 Å². The van der Waals surface area contributed by atoms with Crippen molar-refractivity contribution in [2.24, 2.45) is 0 Å². The molecule has 0 radical (unpaired) electrons. The number of nitrogen functional groups attached to an aromatic ring is 1. The lowest BCUT2D eigenvalue weighted by Crippen LogP contribution is -2.06. The normalized spacial score (nSPS) is 11.0. The molecule has 1 heterocycles. The molecule has 0 aliphatic rings. The summed E-state index contributed by atoms with van der Waals surface area (Å²) in [4.78, 5) is 4.78. The highest BCUT2D eigenvalue weighted by Crippen LogP contribution is 2.33. The molecule has 0 bridgehead atoms. The molecule has 6 nitrogen and oxygen atoms in total. The minimum atomic E-state index is 0.133. The smallest absolute Gasteiger partial charge is 0.163 e. The van der Waals surface area contributed by atoms with Crippen molar-refractivity contribution in [1.29, 1.82) is 0 Å². The number of aliphatic hydroxyl groups is 1. The van der Waals surface area contributed by atoms with Crippen LogP contribution in [0.3, 0.4) is 0 Å². The molecule has 2 aromatic carbocycles. The lowest BCUT2D eigenvalue weighted by molar-refractivity contribution is 0.280. The first-order chi connectivity index (χ1) is 12.2. The van der Waals surface area contributed by atoms with E-state index in [-0.39, 0.29) is 6.61 Å². The van der Waals surface area contributed by atoms with Gasteiger partial charge in [-0.25, -0.2) is 4.98 Å². The molecule has 6 heteroatoms. The Balaban J connectivity index is 2.07. The Morgan fingerprint density at radius 2 is 1.76 bits per heavy atom. The maximum atomic E-state index is 9.24. The predicted octanol–water partition coefficient (Wildman–Crippen LogP) is 2.61. The van der Waals surface area contributed by atoms with Crippen molar-refractivity contribution in [1.82, 2.24) is 9.55 Å². The van der Waals surface area contributed by atoms with Crippen molar-refractivity contribution in [3.8, 4) is 11.5 Å². The summed E-state index contributed by atoms with van der Waals surface area (Å²) in [5, 5.41) is 9.24. The van der Waals surface area contributed by atoms with Crippen molar-refractivity contribution in [2.45, 2.75) is 19.4 Å². The van der Waals surface area contributed by atoms with Crippen LogP contribution in [0, 0.1) is 0 Å². The maximum Gasteiger partial charge on any atom is 0.163 e. The van der Waals surface area contributed by atoms with Crippen LogP contribution in [0.1, 0.15) is 17.8 Å². The number of hydrogen-bond acceptors (Lipinski definition) is 5. The molecule has 25 heavy (non-hydrogen) atoms. The van der Waals surface area contributed by atoms with Gasteiger partial charge in [-0.2, -0.15) is 0 Å². The number of benzene rings is 2. The molecule has 3 rings (SSSR count). The van der Waals surface area contributed by atoms with Gasteiger partial charge in [0, 0.05) is 37.4 Å². The number of aromatic nitrogens is 2. The number of imidazole rings is 1. The Labute approximate surface area is 146 Å². The number of aliphatic hydroxyl groups excluding tert-OH is 1. The monoisotopic (exact) mass is 341 g/mol. The number of hydrogen-bond donors (Lipinski definition) is 2. The highest BCUT2D eigenvalue weighted by atomic mass is 16.5. The lowest BCUT2D eigenvalue weighted by Gasteiger charge is -2.11. The fourth-order valence-corrected chi connectivity index (χ4v) is 2.93.